The van der Waals surface area contributed by atoms with Crippen LogP contribution in [0.3, 0.4) is 0 Å². The molecule has 1 aliphatic rings. The van der Waals surface area contributed by atoms with Gasteiger partial charge < -0.3 is 0 Å². The summed E-state index contributed by atoms with van der Waals surface area (Å²) in [6.07, 6.45) is 4.11. The molecule has 0 aliphatic heterocycles. The number of nitrogens with two attached hydrogens (primary N) is 1. The Kier molecular flexibility index (Phi) is 4.44. The molecule has 2 rings (SSSR count). The molecule has 0 amide bonds. The van der Waals surface area contributed by atoms with Crippen LogP contribution >= 0.6 is 0 Å². The molecular weight excluding hydrogens is 312 g/mol. The number of hydrogen-bond donors (Lipinski definition) is 2. The summed E-state index contributed by atoms with van der Waals surface area (Å²) in [4.78, 5) is -0.678. The van der Waals surface area contributed by atoms with Gasteiger partial charge in [0.25, 0.3) is 0 Å². The normalized spacial score (nSPS) is 18.8. The molecule has 118 valence electrons. The standard InChI is InChI=1S/C13H20N2O4S2/c1-13(8-4-5-9-13)10-15-21(18,19)12-7-3-2-6-11(12)20(14,16)17/h2-3,6-7,15H,4-5,8-10H2,1H3,(H2,14,16,17). The summed E-state index contributed by atoms with van der Waals surface area (Å²) in [5, 5.41) is 5.08. The van der Waals surface area contributed by atoms with Gasteiger partial charge in [-0.15, -0.1) is 0 Å². The highest BCUT2D eigenvalue weighted by atomic mass is 32.2. The molecule has 21 heavy (non-hydrogen) atoms. The topological polar surface area (TPSA) is 106 Å². The lowest BCUT2D eigenvalue weighted by molar-refractivity contribution is 0.336. The molecule has 1 aliphatic carbocycles. The fraction of sp³-hybridized carbons (Fsp3) is 0.538. The predicted octanol–water partition coefficient (Wildman–Crippen LogP) is 1.19. The van der Waals surface area contributed by atoms with Crippen molar-refractivity contribution >= 4 is 20.0 Å². The van der Waals surface area contributed by atoms with Crippen LogP contribution in [0.25, 0.3) is 0 Å². The highest BCUT2D eigenvalue weighted by Gasteiger charge is 2.31. The van der Waals surface area contributed by atoms with Crippen LogP contribution in [-0.4, -0.2) is 23.4 Å². The second-order valence-electron chi connectivity index (χ2n) is 5.83. The maximum atomic E-state index is 12.4. The van der Waals surface area contributed by atoms with E-state index in [1.807, 2.05) is 6.92 Å². The van der Waals surface area contributed by atoms with Crippen LogP contribution in [0, 0.1) is 5.41 Å². The summed E-state index contributed by atoms with van der Waals surface area (Å²) in [6.45, 7) is 2.34. The van der Waals surface area contributed by atoms with Crippen LogP contribution in [0.15, 0.2) is 34.1 Å². The highest BCUT2D eigenvalue weighted by Crippen LogP contribution is 2.37. The van der Waals surface area contributed by atoms with Crippen molar-refractivity contribution in [3.63, 3.8) is 0 Å². The lowest BCUT2D eigenvalue weighted by atomic mass is 9.89. The van der Waals surface area contributed by atoms with Gasteiger partial charge in [0.05, 0.1) is 0 Å². The highest BCUT2D eigenvalue weighted by molar-refractivity contribution is 7.92. The SMILES string of the molecule is CC1(CNS(=O)(=O)c2ccccc2S(N)(=O)=O)CCCC1. The van der Waals surface area contributed by atoms with Gasteiger partial charge in [-0.2, -0.15) is 0 Å². The Morgan fingerprint density at radius 2 is 1.62 bits per heavy atom. The number of benzene rings is 1. The van der Waals surface area contributed by atoms with Crippen molar-refractivity contribution in [1.29, 1.82) is 0 Å². The molecule has 0 radical (unpaired) electrons. The zero-order valence-corrected chi connectivity index (χ0v) is 13.5. The van der Waals surface area contributed by atoms with Gasteiger partial charge in [-0.25, -0.2) is 26.7 Å². The Hall–Kier alpha value is -0.960. The molecule has 0 spiro atoms. The minimum Gasteiger partial charge on any atom is -0.225 e. The number of rotatable bonds is 5. The quantitative estimate of drug-likeness (QED) is 0.844. The molecule has 0 heterocycles. The van der Waals surface area contributed by atoms with Crippen molar-refractivity contribution in [3.8, 4) is 0 Å². The van der Waals surface area contributed by atoms with E-state index in [1.165, 1.54) is 24.3 Å². The Labute approximate surface area is 125 Å². The lowest BCUT2D eigenvalue weighted by Gasteiger charge is -2.23. The Balaban J connectivity index is 2.28. The van der Waals surface area contributed by atoms with E-state index >= 15 is 0 Å². The van der Waals surface area contributed by atoms with Gasteiger partial charge in [-0.1, -0.05) is 31.9 Å². The molecule has 1 aromatic carbocycles. The fourth-order valence-corrected chi connectivity index (χ4v) is 5.24. The molecule has 0 atom stereocenters. The van der Waals surface area contributed by atoms with E-state index < -0.39 is 20.0 Å². The number of nitrogens with one attached hydrogen (secondary N) is 1. The van der Waals surface area contributed by atoms with E-state index in [0.717, 1.165) is 25.7 Å². The first-order valence-electron chi connectivity index (χ1n) is 6.76. The molecule has 1 saturated carbocycles. The summed E-state index contributed by atoms with van der Waals surface area (Å²) >= 11 is 0. The molecule has 0 saturated heterocycles. The van der Waals surface area contributed by atoms with Crippen LogP contribution in [0.2, 0.25) is 0 Å². The van der Waals surface area contributed by atoms with E-state index in [1.54, 1.807) is 0 Å². The van der Waals surface area contributed by atoms with Crippen LogP contribution in [0.1, 0.15) is 32.6 Å². The zero-order chi connectivity index (χ0) is 15.7. The average molecular weight is 332 g/mol. The van der Waals surface area contributed by atoms with E-state index in [-0.39, 0.29) is 15.2 Å². The molecule has 0 aromatic heterocycles. The molecule has 0 bridgehead atoms. The van der Waals surface area contributed by atoms with Crippen molar-refractivity contribution in [1.82, 2.24) is 4.72 Å². The molecule has 8 heteroatoms. The maximum Gasteiger partial charge on any atom is 0.241 e. The largest absolute Gasteiger partial charge is 0.241 e. The Morgan fingerprint density at radius 1 is 1.10 bits per heavy atom. The van der Waals surface area contributed by atoms with E-state index in [9.17, 15) is 16.8 Å². The maximum absolute atomic E-state index is 12.4. The van der Waals surface area contributed by atoms with Crippen LogP contribution in [0.4, 0.5) is 0 Å². The van der Waals surface area contributed by atoms with E-state index in [2.05, 4.69) is 4.72 Å². The molecule has 1 fully saturated rings. The lowest BCUT2D eigenvalue weighted by Crippen LogP contribution is -2.35. The fourth-order valence-electron chi connectivity index (χ4n) is 2.66. The van der Waals surface area contributed by atoms with Gasteiger partial charge in [0.1, 0.15) is 9.79 Å². The van der Waals surface area contributed by atoms with Crippen LogP contribution in [-0.2, 0) is 20.0 Å². The van der Waals surface area contributed by atoms with Crippen LogP contribution < -0.4 is 9.86 Å². The smallest absolute Gasteiger partial charge is 0.225 e. The first-order valence-corrected chi connectivity index (χ1v) is 9.79. The van der Waals surface area contributed by atoms with Gasteiger partial charge >= 0.3 is 0 Å². The zero-order valence-electron chi connectivity index (χ0n) is 11.9. The summed E-state index contributed by atoms with van der Waals surface area (Å²) < 4.78 is 50.3. The molecule has 1 aromatic rings. The van der Waals surface area contributed by atoms with Crippen molar-refractivity contribution in [2.45, 2.75) is 42.4 Å². The van der Waals surface area contributed by atoms with Crippen molar-refractivity contribution in [2.24, 2.45) is 10.6 Å². The van der Waals surface area contributed by atoms with E-state index in [0.29, 0.717) is 6.54 Å². The first-order chi connectivity index (χ1) is 9.64. The third kappa shape index (κ3) is 3.82. The molecule has 3 N–H and O–H groups in total. The van der Waals surface area contributed by atoms with Crippen molar-refractivity contribution in [2.75, 3.05) is 6.54 Å². The monoisotopic (exact) mass is 332 g/mol. The van der Waals surface area contributed by atoms with E-state index in [4.69, 9.17) is 5.14 Å². The van der Waals surface area contributed by atoms with Crippen LogP contribution in [0.5, 0.6) is 0 Å². The van der Waals surface area contributed by atoms with Crippen molar-refractivity contribution in [3.05, 3.63) is 24.3 Å². The predicted molar refractivity (Wildman–Crippen MR) is 79.6 cm³/mol. The summed E-state index contributed by atoms with van der Waals surface area (Å²) in [5.41, 5.74) is -0.0659. The number of primary sulfonamides is 1. The van der Waals surface area contributed by atoms with Gasteiger partial charge in [-0.3, -0.25) is 0 Å². The summed E-state index contributed by atoms with van der Waals surface area (Å²) in [5.74, 6) is 0. The van der Waals surface area contributed by atoms with Gasteiger partial charge in [-0.05, 0) is 30.4 Å². The summed E-state index contributed by atoms with van der Waals surface area (Å²) in [7, 11) is -8.00. The van der Waals surface area contributed by atoms with Gasteiger partial charge in [0.2, 0.25) is 20.0 Å². The third-order valence-electron chi connectivity index (χ3n) is 3.94. The van der Waals surface area contributed by atoms with Gasteiger partial charge in [0, 0.05) is 6.54 Å². The number of sulfonamides is 2. The average Bonchev–Trinajstić information content (AvgIpc) is 2.83. The minimum absolute atomic E-state index is 0.0659. The Morgan fingerprint density at radius 3 is 2.14 bits per heavy atom. The summed E-state index contributed by atoms with van der Waals surface area (Å²) in [6, 6.07) is 5.36. The molecule has 6 nitrogen and oxygen atoms in total. The van der Waals surface area contributed by atoms with Crippen molar-refractivity contribution < 1.29 is 16.8 Å². The minimum atomic E-state index is -4.09. The second kappa shape index (κ2) is 5.68. The molecular formula is C13H20N2O4S2. The molecule has 0 unspecified atom stereocenters. The second-order valence-corrected chi connectivity index (χ2v) is 9.10. The van der Waals surface area contributed by atoms with Gasteiger partial charge in [0.15, 0.2) is 0 Å². The third-order valence-corrected chi connectivity index (χ3v) is 6.50. The number of hydrogen-bond acceptors (Lipinski definition) is 4. The Bertz CT molecular complexity index is 720. The first kappa shape index (κ1) is 16.4.